The molecule has 15 heavy (non-hydrogen) atoms. The van der Waals surface area contributed by atoms with Gasteiger partial charge in [0.25, 0.3) is 0 Å². The SMILES string of the molecule is CN1C(=O)C[C@H]2C(=O)c3ccccc3[C@@H]21. The van der Waals surface area contributed by atoms with Crippen LogP contribution in [0.3, 0.4) is 0 Å². The van der Waals surface area contributed by atoms with Crippen LogP contribution in [0.15, 0.2) is 24.3 Å². The van der Waals surface area contributed by atoms with E-state index < -0.39 is 0 Å². The first-order chi connectivity index (χ1) is 7.20. The maximum absolute atomic E-state index is 12.0. The van der Waals surface area contributed by atoms with Gasteiger partial charge in [-0.1, -0.05) is 24.3 Å². The summed E-state index contributed by atoms with van der Waals surface area (Å²) in [5, 5.41) is 0. The van der Waals surface area contributed by atoms with Crippen molar-refractivity contribution in [2.75, 3.05) is 7.05 Å². The Hall–Kier alpha value is -1.64. The van der Waals surface area contributed by atoms with E-state index in [-0.39, 0.29) is 23.7 Å². The molecule has 1 aliphatic carbocycles. The summed E-state index contributed by atoms with van der Waals surface area (Å²) in [5.74, 6) is 0.0704. The van der Waals surface area contributed by atoms with Crippen molar-refractivity contribution in [1.29, 1.82) is 0 Å². The predicted molar refractivity (Wildman–Crippen MR) is 54.4 cm³/mol. The minimum atomic E-state index is -0.139. The number of hydrogen-bond acceptors (Lipinski definition) is 2. The lowest BCUT2D eigenvalue weighted by Crippen LogP contribution is -2.22. The van der Waals surface area contributed by atoms with Crippen LogP contribution in [-0.4, -0.2) is 23.6 Å². The maximum atomic E-state index is 12.0. The number of carbonyl (C=O) groups is 2. The Morgan fingerprint density at radius 2 is 2.00 bits per heavy atom. The molecule has 1 amide bonds. The van der Waals surface area contributed by atoms with Crippen LogP contribution in [0.25, 0.3) is 0 Å². The van der Waals surface area contributed by atoms with Gasteiger partial charge in [-0.25, -0.2) is 0 Å². The standard InChI is InChI=1S/C12H11NO2/c1-13-10(14)6-9-11(13)7-4-2-3-5-8(7)12(9)15/h2-5,9,11H,6H2,1H3/t9-,11+/m1/s1. The second kappa shape index (κ2) is 2.69. The van der Waals surface area contributed by atoms with Crippen LogP contribution < -0.4 is 0 Å². The van der Waals surface area contributed by atoms with Crippen molar-refractivity contribution in [1.82, 2.24) is 4.90 Å². The van der Waals surface area contributed by atoms with Crippen LogP contribution in [0.5, 0.6) is 0 Å². The summed E-state index contributed by atoms with van der Waals surface area (Å²) in [7, 11) is 1.78. The van der Waals surface area contributed by atoms with Gasteiger partial charge in [0.05, 0.1) is 12.0 Å². The van der Waals surface area contributed by atoms with Crippen molar-refractivity contribution in [3.8, 4) is 0 Å². The molecule has 2 atom stereocenters. The molecule has 3 rings (SSSR count). The summed E-state index contributed by atoms with van der Waals surface area (Å²) < 4.78 is 0. The Morgan fingerprint density at radius 1 is 1.27 bits per heavy atom. The van der Waals surface area contributed by atoms with Gasteiger partial charge in [0.1, 0.15) is 0 Å². The van der Waals surface area contributed by atoms with E-state index >= 15 is 0 Å². The highest BCUT2D eigenvalue weighted by molar-refractivity contribution is 6.06. The number of carbonyl (C=O) groups excluding carboxylic acids is 2. The third kappa shape index (κ3) is 0.950. The Balaban J connectivity index is 2.18. The van der Waals surface area contributed by atoms with Gasteiger partial charge in [0.2, 0.25) is 5.91 Å². The molecule has 76 valence electrons. The van der Waals surface area contributed by atoms with E-state index in [0.29, 0.717) is 6.42 Å². The van der Waals surface area contributed by atoms with Crippen LogP contribution >= 0.6 is 0 Å². The van der Waals surface area contributed by atoms with Gasteiger partial charge in [0.15, 0.2) is 5.78 Å². The van der Waals surface area contributed by atoms with Gasteiger partial charge in [-0.05, 0) is 5.56 Å². The summed E-state index contributed by atoms with van der Waals surface area (Å²) in [6, 6.07) is 7.59. The van der Waals surface area contributed by atoms with Crippen molar-refractivity contribution in [2.24, 2.45) is 5.92 Å². The molecule has 0 spiro atoms. The average molecular weight is 201 g/mol. The first kappa shape index (κ1) is 8.65. The Morgan fingerprint density at radius 3 is 2.80 bits per heavy atom. The molecule has 0 saturated carbocycles. The Kier molecular flexibility index (Phi) is 1.55. The Bertz CT molecular complexity index is 466. The third-order valence-electron chi connectivity index (χ3n) is 3.47. The number of amides is 1. The van der Waals surface area contributed by atoms with E-state index in [1.54, 1.807) is 11.9 Å². The van der Waals surface area contributed by atoms with Crippen LogP contribution in [0.2, 0.25) is 0 Å². The molecule has 3 nitrogen and oxygen atoms in total. The monoisotopic (exact) mass is 201 g/mol. The quantitative estimate of drug-likeness (QED) is 0.636. The highest BCUT2D eigenvalue weighted by atomic mass is 16.2. The van der Waals surface area contributed by atoms with E-state index in [0.717, 1.165) is 11.1 Å². The minimum absolute atomic E-state index is 0.0128. The molecule has 1 aromatic rings. The van der Waals surface area contributed by atoms with Gasteiger partial charge in [-0.2, -0.15) is 0 Å². The van der Waals surface area contributed by atoms with Gasteiger partial charge in [-0.3, -0.25) is 9.59 Å². The highest BCUT2D eigenvalue weighted by Gasteiger charge is 2.48. The number of Topliss-reactive ketones (excluding diaryl/α,β-unsaturated/α-hetero) is 1. The van der Waals surface area contributed by atoms with Crippen LogP contribution in [0.1, 0.15) is 28.4 Å². The molecule has 0 bridgehead atoms. The summed E-state index contributed by atoms with van der Waals surface area (Å²) in [6.07, 6.45) is 0.370. The lowest BCUT2D eigenvalue weighted by Gasteiger charge is -2.18. The lowest BCUT2D eigenvalue weighted by molar-refractivity contribution is -0.127. The smallest absolute Gasteiger partial charge is 0.223 e. The normalized spacial score (nSPS) is 28.2. The van der Waals surface area contributed by atoms with Crippen LogP contribution in [0.4, 0.5) is 0 Å². The number of benzene rings is 1. The lowest BCUT2D eigenvalue weighted by atomic mass is 10.0. The molecule has 0 aromatic heterocycles. The van der Waals surface area contributed by atoms with Gasteiger partial charge in [0, 0.05) is 19.0 Å². The number of fused-ring (bicyclic) bond motifs is 3. The highest BCUT2D eigenvalue weighted by Crippen LogP contribution is 2.45. The van der Waals surface area contributed by atoms with Crippen molar-refractivity contribution in [2.45, 2.75) is 12.5 Å². The Labute approximate surface area is 87.7 Å². The third-order valence-corrected chi connectivity index (χ3v) is 3.47. The van der Waals surface area contributed by atoms with Gasteiger partial charge < -0.3 is 4.90 Å². The molecule has 1 heterocycles. The molecule has 1 fully saturated rings. The summed E-state index contributed by atoms with van der Waals surface area (Å²) in [6.45, 7) is 0. The molecule has 0 unspecified atom stereocenters. The van der Waals surface area contributed by atoms with E-state index in [9.17, 15) is 9.59 Å². The largest absolute Gasteiger partial charge is 0.338 e. The van der Waals surface area contributed by atoms with E-state index in [1.807, 2.05) is 24.3 Å². The van der Waals surface area contributed by atoms with E-state index in [1.165, 1.54) is 0 Å². The van der Waals surface area contributed by atoms with Crippen LogP contribution in [-0.2, 0) is 4.79 Å². The summed E-state index contributed by atoms with van der Waals surface area (Å²) >= 11 is 0. The molecular formula is C12H11NO2. The first-order valence-electron chi connectivity index (χ1n) is 5.09. The maximum Gasteiger partial charge on any atom is 0.223 e. The van der Waals surface area contributed by atoms with Gasteiger partial charge >= 0.3 is 0 Å². The molecule has 1 aromatic carbocycles. The molecule has 1 aliphatic heterocycles. The van der Waals surface area contributed by atoms with Crippen LogP contribution in [0, 0.1) is 5.92 Å². The van der Waals surface area contributed by atoms with E-state index in [4.69, 9.17) is 0 Å². The van der Waals surface area contributed by atoms with Gasteiger partial charge in [-0.15, -0.1) is 0 Å². The molecule has 0 radical (unpaired) electrons. The number of hydrogen-bond donors (Lipinski definition) is 0. The average Bonchev–Trinajstić information content (AvgIpc) is 2.68. The number of likely N-dealkylation sites (tertiary alicyclic amines) is 1. The molecule has 0 N–H and O–H groups in total. The number of ketones is 1. The molecule has 1 saturated heterocycles. The fourth-order valence-corrected chi connectivity index (χ4v) is 2.71. The van der Waals surface area contributed by atoms with Crippen molar-refractivity contribution in [3.63, 3.8) is 0 Å². The zero-order valence-electron chi connectivity index (χ0n) is 8.43. The zero-order chi connectivity index (χ0) is 10.6. The molecule has 3 heteroatoms. The fraction of sp³-hybridized carbons (Fsp3) is 0.333. The summed E-state index contributed by atoms with van der Waals surface area (Å²) in [5.41, 5.74) is 1.81. The topological polar surface area (TPSA) is 37.4 Å². The van der Waals surface area contributed by atoms with Crippen molar-refractivity contribution >= 4 is 11.7 Å². The van der Waals surface area contributed by atoms with Crippen molar-refractivity contribution < 1.29 is 9.59 Å². The number of nitrogens with zero attached hydrogens (tertiary/aromatic N) is 1. The predicted octanol–water partition coefficient (Wildman–Crippen LogP) is 1.40. The van der Waals surface area contributed by atoms with E-state index in [2.05, 4.69) is 0 Å². The fourth-order valence-electron chi connectivity index (χ4n) is 2.71. The molecule has 2 aliphatic rings. The second-order valence-electron chi connectivity index (χ2n) is 4.21. The first-order valence-corrected chi connectivity index (χ1v) is 5.09. The minimum Gasteiger partial charge on any atom is -0.338 e. The summed E-state index contributed by atoms with van der Waals surface area (Å²) in [4.78, 5) is 25.2. The second-order valence-corrected chi connectivity index (χ2v) is 4.21. The molecular weight excluding hydrogens is 190 g/mol. The zero-order valence-corrected chi connectivity index (χ0v) is 8.43. The van der Waals surface area contributed by atoms with Crippen molar-refractivity contribution in [3.05, 3.63) is 35.4 Å². The number of rotatable bonds is 0.